The van der Waals surface area contributed by atoms with E-state index in [1.165, 1.54) is 4.31 Å². The van der Waals surface area contributed by atoms with Crippen LogP contribution in [0.3, 0.4) is 0 Å². The van der Waals surface area contributed by atoms with Crippen molar-refractivity contribution >= 4 is 10.0 Å². The third-order valence-corrected chi connectivity index (χ3v) is 6.55. The van der Waals surface area contributed by atoms with Gasteiger partial charge in [0.25, 0.3) is 0 Å². The van der Waals surface area contributed by atoms with Crippen LogP contribution in [0.15, 0.2) is 4.90 Å². The molecule has 6 nitrogen and oxygen atoms in total. The van der Waals surface area contributed by atoms with Gasteiger partial charge >= 0.3 is 0 Å². The van der Waals surface area contributed by atoms with Gasteiger partial charge < -0.3 is 5.11 Å². The minimum Gasteiger partial charge on any atom is -0.391 e. The molecule has 21 heavy (non-hydrogen) atoms. The zero-order valence-corrected chi connectivity index (χ0v) is 14.0. The first-order valence-corrected chi connectivity index (χ1v) is 8.94. The van der Waals surface area contributed by atoms with E-state index in [9.17, 15) is 13.5 Å². The highest BCUT2D eigenvalue weighted by molar-refractivity contribution is 7.89. The van der Waals surface area contributed by atoms with E-state index in [1.54, 1.807) is 25.6 Å². The van der Waals surface area contributed by atoms with E-state index in [4.69, 9.17) is 0 Å². The van der Waals surface area contributed by atoms with Gasteiger partial charge in [-0.05, 0) is 33.1 Å². The molecule has 1 aromatic heterocycles. The number of nitrogens with zero attached hydrogens (tertiary/aromatic N) is 3. The fourth-order valence-electron chi connectivity index (χ4n) is 3.13. The maximum Gasteiger partial charge on any atom is 0.247 e. The zero-order valence-electron chi connectivity index (χ0n) is 13.2. The van der Waals surface area contributed by atoms with Crippen molar-refractivity contribution in [3.63, 3.8) is 0 Å². The van der Waals surface area contributed by atoms with Crippen LogP contribution in [-0.2, 0) is 17.1 Å². The number of aliphatic hydroxyl groups excluding tert-OH is 1. The summed E-state index contributed by atoms with van der Waals surface area (Å²) in [6, 6.07) is -0.326. The first kappa shape index (κ1) is 16.5. The number of piperidine rings is 1. The Bertz CT molecular complexity index is 609. The Kier molecular flexibility index (Phi) is 4.75. The minimum absolute atomic E-state index is 0.292. The van der Waals surface area contributed by atoms with Crippen molar-refractivity contribution in [2.45, 2.75) is 63.5 Å². The maximum absolute atomic E-state index is 13.0. The molecule has 2 heterocycles. The predicted molar refractivity (Wildman–Crippen MR) is 80.5 cm³/mol. The van der Waals surface area contributed by atoms with Crippen molar-refractivity contribution in [2.24, 2.45) is 7.05 Å². The number of hydrogen-bond acceptors (Lipinski definition) is 4. The standard InChI is InChI=1S/C14H25N3O3S/c1-5-13(18)12-8-6-7-9-17(12)21(19,20)14-10(2)15-16(4)11(14)3/h12-13,18H,5-9H2,1-4H3. The van der Waals surface area contributed by atoms with Crippen LogP contribution in [0.2, 0.25) is 0 Å². The minimum atomic E-state index is -3.62. The van der Waals surface area contributed by atoms with Crippen LogP contribution in [-0.4, -0.2) is 46.3 Å². The van der Waals surface area contributed by atoms with Gasteiger partial charge in [0, 0.05) is 13.6 Å². The highest BCUT2D eigenvalue weighted by Gasteiger charge is 2.39. The molecule has 1 saturated heterocycles. The third kappa shape index (κ3) is 2.86. The van der Waals surface area contributed by atoms with Gasteiger partial charge in [-0.3, -0.25) is 4.68 Å². The Balaban J connectivity index is 2.46. The molecule has 2 rings (SSSR count). The molecule has 0 aromatic carbocycles. The van der Waals surface area contributed by atoms with Crippen LogP contribution in [0.1, 0.15) is 44.0 Å². The van der Waals surface area contributed by atoms with Gasteiger partial charge in [0.1, 0.15) is 4.90 Å². The molecule has 1 aromatic rings. The number of sulfonamides is 1. The molecule has 120 valence electrons. The van der Waals surface area contributed by atoms with Gasteiger partial charge in [-0.15, -0.1) is 0 Å². The SMILES string of the molecule is CCC(O)C1CCCCN1S(=O)(=O)c1c(C)nn(C)c1C. The summed E-state index contributed by atoms with van der Waals surface area (Å²) in [5.74, 6) is 0. The third-order valence-electron chi connectivity index (χ3n) is 4.37. The second-order valence-electron chi connectivity index (χ2n) is 5.78. The quantitative estimate of drug-likeness (QED) is 0.910. The lowest BCUT2D eigenvalue weighted by Crippen LogP contribution is -2.49. The Hall–Kier alpha value is -0.920. The number of aromatic nitrogens is 2. The molecule has 1 aliphatic heterocycles. The van der Waals surface area contributed by atoms with Crippen molar-refractivity contribution in [3.8, 4) is 0 Å². The van der Waals surface area contributed by atoms with E-state index in [-0.39, 0.29) is 6.04 Å². The lowest BCUT2D eigenvalue weighted by molar-refractivity contribution is 0.0667. The highest BCUT2D eigenvalue weighted by Crippen LogP contribution is 2.30. The molecule has 0 aliphatic carbocycles. The van der Waals surface area contributed by atoms with Gasteiger partial charge in [0.05, 0.1) is 23.5 Å². The Morgan fingerprint density at radius 3 is 2.57 bits per heavy atom. The van der Waals surface area contributed by atoms with Crippen molar-refractivity contribution < 1.29 is 13.5 Å². The zero-order chi connectivity index (χ0) is 15.8. The molecule has 2 unspecified atom stereocenters. The normalized spacial score (nSPS) is 22.4. The van der Waals surface area contributed by atoms with Crippen molar-refractivity contribution in [2.75, 3.05) is 6.54 Å². The molecule has 0 saturated carbocycles. The van der Waals surface area contributed by atoms with Crippen LogP contribution in [0, 0.1) is 13.8 Å². The molecule has 7 heteroatoms. The second kappa shape index (κ2) is 6.06. The van der Waals surface area contributed by atoms with Gasteiger partial charge in [0.2, 0.25) is 10.0 Å². The summed E-state index contributed by atoms with van der Waals surface area (Å²) in [4.78, 5) is 0.292. The predicted octanol–water partition coefficient (Wildman–Crippen LogP) is 1.35. The number of aryl methyl sites for hydroxylation is 2. The molecule has 2 atom stereocenters. The summed E-state index contributed by atoms with van der Waals surface area (Å²) in [5, 5.41) is 14.4. The molecule has 0 radical (unpaired) electrons. The molecule has 0 bridgehead atoms. The molecular weight excluding hydrogens is 290 g/mol. The molecule has 0 spiro atoms. The number of rotatable bonds is 4. The second-order valence-corrected chi connectivity index (χ2v) is 7.61. The van der Waals surface area contributed by atoms with E-state index in [0.717, 1.165) is 12.8 Å². The fourth-order valence-corrected chi connectivity index (χ4v) is 5.26. The van der Waals surface area contributed by atoms with Gasteiger partial charge in [0.15, 0.2) is 0 Å². The highest BCUT2D eigenvalue weighted by atomic mass is 32.2. The maximum atomic E-state index is 13.0. The van der Waals surface area contributed by atoms with E-state index in [2.05, 4.69) is 5.10 Å². The summed E-state index contributed by atoms with van der Waals surface area (Å²) in [6.07, 6.45) is 2.45. The summed E-state index contributed by atoms with van der Waals surface area (Å²) in [6.45, 7) is 5.83. The summed E-state index contributed by atoms with van der Waals surface area (Å²) < 4.78 is 29.2. The average Bonchev–Trinajstić information content (AvgIpc) is 2.71. The Labute approximate surface area is 126 Å². The van der Waals surface area contributed by atoms with Crippen LogP contribution < -0.4 is 0 Å². The lowest BCUT2D eigenvalue weighted by Gasteiger charge is -2.37. The van der Waals surface area contributed by atoms with Crippen LogP contribution in [0.25, 0.3) is 0 Å². The first-order valence-electron chi connectivity index (χ1n) is 7.50. The first-order chi connectivity index (χ1) is 9.80. The summed E-state index contributed by atoms with van der Waals surface area (Å²) >= 11 is 0. The number of aliphatic hydroxyl groups is 1. The largest absolute Gasteiger partial charge is 0.391 e. The topological polar surface area (TPSA) is 75.4 Å². The van der Waals surface area contributed by atoms with Crippen LogP contribution in [0.4, 0.5) is 0 Å². The molecule has 0 amide bonds. The van der Waals surface area contributed by atoms with Crippen LogP contribution >= 0.6 is 0 Å². The van der Waals surface area contributed by atoms with E-state index in [0.29, 0.717) is 35.7 Å². The summed E-state index contributed by atoms with van der Waals surface area (Å²) in [5.41, 5.74) is 1.16. The molecule has 1 N–H and O–H groups in total. The summed E-state index contributed by atoms with van der Waals surface area (Å²) in [7, 11) is -1.87. The lowest BCUT2D eigenvalue weighted by atomic mass is 9.98. The van der Waals surface area contributed by atoms with Crippen molar-refractivity contribution in [3.05, 3.63) is 11.4 Å². The van der Waals surface area contributed by atoms with Crippen molar-refractivity contribution in [1.29, 1.82) is 0 Å². The van der Waals surface area contributed by atoms with Crippen LogP contribution in [0.5, 0.6) is 0 Å². The van der Waals surface area contributed by atoms with E-state index in [1.807, 2.05) is 6.92 Å². The Morgan fingerprint density at radius 2 is 2.05 bits per heavy atom. The molecular formula is C14H25N3O3S. The number of hydrogen-bond donors (Lipinski definition) is 1. The molecule has 1 aliphatic rings. The van der Waals surface area contributed by atoms with Crippen molar-refractivity contribution in [1.82, 2.24) is 14.1 Å². The van der Waals surface area contributed by atoms with E-state index < -0.39 is 16.1 Å². The fraction of sp³-hybridized carbons (Fsp3) is 0.786. The smallest absolute Gasteiger partial charge is 0.247 e. The van der Waals surface area contributed by atoms with Gasteiger partial charge in [-0.1, -0.05) is 13.3 Å². The monoisotopic (exact) mass is 315 g/mol. The Morgan fingerprint density at radius 1 is 1.38 bits per heavy atom. The van der Waals surface area contributed by atoms with E-state index >= 15 is 0 Å². The van der Waals surface area contributed by atoms with Gasteiger partial charge in [-0.2, -0.15) is 9.40 Å². The average molecular weight is 315 g/mol. The van der Waals surface area contributed by atoms with Gasteiger partial charge in [-0.25, -0.2) is 8.42 Å². The molecule has 1 fully saturated rings.